The van der Waals surface area contributed by atoms with Crippen LogP contribution in [0.4, 0.5) is 0 Å². The first-order chi connectivity index (χ1) is 6.49. The molecule has 1 aliphatic carbocycles. The van der Waals surface area contributed by atoms with E-state index < -0.39 is 8.07 Å². The molecular weight excluding hydrogens is 188 g/mol. The summed E-state index contributed by atoms with van der Waals surface area (Å²) < 4.78 is 0. The average molecular weight is 208 g/mol. The predicted molar refractivity (Wildman–Crippen MR) is 62.7 cm³/mol. The zero-order valence-corrected chi connectivity index (χ0v) is 10.5. The molecular formula is C12H20OSi. The van der Waals surface area contributed by atoms with E-state index in [9.17, 15) is 4.79 Å². The molecule has 0 aromatic carbocycles. The average Bonchev–Trinajstić information content (AvgIpc) is 2.14. The summed E-state index contributed by atoms with van der Waals surface area (Å²) in [5.41, 5.74) is 3.16. The third kappa shape index (κ3) is 4.10. The van der Waals surface area contributed by atoms with Gasteiger partial charge in [-0.05, 0) is 18.8 Å². The second-order valence-corrected chi connectivity index (χ2v) is 9.95. The van der Waals surface area contributed by atoms with Crippen LogP contribution in [0.3, 0.4) is 0 Å². The van der Waals surface area contributed by atoms with Crippen LogP contribution in [0.15, 0.2) is 0 Å². The van der Waals surface area contributed by atoms with Gasteiger partial charge < -0.3 is 0 Å². The summed E-state index contributed by atoms with van der Waals surface area (Å²) in [6.45, 7) is 6.52. The highest BCUT2D eigenvalue weighted by molar-refractivity contribution is 6.84. The number of ketones is 1. The fourth-order valence-electron chi connectivity index (χ4n) is 1.72. The van der Waals surface area contributed by atoms with Gasteiger partial charge in [0.15, 0.2) is 0 Å². The SMILES string of the molecule is C[Si](C)(C)C#CC(=O)C1CCCCC1. The molecule has 0 bridgehead atoms. The molecule has 1 fully saturated rings. The Bertz CT molecular complexity index is 258. The molecule has 1 rings (SSSR count). The summed E-state index contributed by atoms with van der Waals surface area (Å²) in [6.07, 6.45) is 5.86. The topological polar surface area (TPSA) is 17.1 Å². The smallest absolute Gasteiger partial charge is 0.207 e. The van der Waals surface area contributed by atoms with Gasteiger partial charge in [-0.2, -0.15) is 0 Å². The Balaban J connectivity index is 2.51. The van der Waals surface area contributed by atoms with Crippen molar-refractivity contribution >= 4 is 13.9 Å². The molecule has 1 aliphatic rings. The van der Waals surface area contributed by atoms with Crippen LogP contribution in [0.1, 0.15) is 32.1 Å². The summed E-state index contributed by atoms with van der Waals surface area (Å²) in [6, 6.07) is 0. The Kier molecular flexibility index (Phi) is 3.94. The van der Waals surface area contributed by atoms with E-state index in [1.807, 2.05) is 0 Å². The van der Waals surface area contributed by atoms with Gasteiger partial charge in [0.2, 0.25) is 5.78 Å². The minimum Gasteiger partial charge on any atom is -0.285 e. The maximum atomic E-state index is 11.7. The maximum Gasteiger partial charge on any atom is 0.207 e. The van der Waals surface area contributed by atoms with Gasteiger partial charge in [-0.25, -0.2) is 0 Å². The van der Waals surface area contributed by atoms with Gasteiger partial charge in [0, 0.05) is 5.92 Å². The van der Waals surface area contributed by atoms with E-state index in [-0.39, 0.29) is 11.7 Å². The summed E-state index contributed by atoms with van der Waals surface area (Å²) in [5, 5.41) is 0. The normalized spacial score (nSPS) is 18.5. The number of carbonyl (C=O) groups excluding carboxylic acids is 1. The van der Waals surface area contributed by atoms with Crippen molar-refractivity contribution in [2.24, 2.45) is 5.92 Å². The van der Waals surface area contributed by atoms with Crippen LogP contribution in [0.25, 0.3) is 0 Å². The van der Waals surface area contributed by atoms with Crippen molar-refractivity contribution in [3.63, 3.8) is 0 Å². The maximum absolute atomic E-state index is 11.7. The summed E-state index contributed by atoms with van der Waals surface area (Å²) in [7, 11) is -1.37. The van der Waals surface area contributed by atoms with E-state index in [1.165, 1.54) is 19.3 Å². The third-order valence-corrected chi connectivity index (χ3v) is 3.41. The quantitative estimate of drug-likeness (QED) is 0.478. The van der Waals surface area contributed by atoms with Crippen molar-refractivity contribution in [3.05, 3.63) is 0 Å². The molecule has 0 radical (unpaired) electrons. The molecule has 0 N–H and O–H groups in total. The van der Waals surface area contributed by atoms with Gasteiger partial charge in [0.1, 0.15) is 8.07 Å². The van der Waals surface area contributed by atoms with Crippen LogP contribution in [-0.4, -0.2) is 13.9 Å². The number of hydrogen-bond donors (Lipinski definition) is 0. The lowest BCUT2D eigenvalue weighted by molar-refractivity contribution is -0.118. The van der Waals surface area contributed by atoms with Gasteiger partial charge in [0.25, 0.3) is 0 Å². The number of Topliss-reactive ketones (excluding diaryl/α,β-unsaturated/α-hetero) is 1. The second-order valence-electron chi connectivity index (χ2n) is 5.20. The van der Waals surface area contributed by atoms with Crippen LogP contribution in [-0.2, 0) is 4.79 Å². The molecule has 1 saturated carbocycles. The van der Waals surface area contributed by atoms with E-state index in [1.54, 1.807) is 0 Å². The van der Waals surface area contributed by atoms with Crippen LogP contribution >= 0.6 is 0 Å². The van der Waals surface area contributed by atoms with E-state index in [2.05, 4.69) is 31.1 Å². The molecule has 0 saturated heterocycles. The minimum absolute atomic E-state index is 0.201. The Morgan fingerprint density at radius 3 is 2.21 bits per heavy atom. The highest BCUT2D eigenvalue weighted by Gasteiger charge is 2.19. The molecule has 0 unspecified atom stereocenters. The van der Waals surface area contributed by atoms with Gasteiger partial charge in [-0.15, -0.1) is 5.54 Å². The van der Waals surface area contributed by atoms with E-state index >= 15 is 0 Å². The highest BCUT2D eigenvalue weighted by Crippen LogP contribution is 2.23. The molecule has 78 valence electrons. The predicted octanol–water partition coefficient (Wildman–Crippen LogP) is 3.02. The Hall–Kier alpha value is -0.553. The number of rotatable bonds is 1. The van der Waals surface area contributed by atoms with Crippen LogP contribution in [0.2, 0.25) is 19.6 Å². The number of carbonyl (C=O) groups is 1. The summed E-state index contributed by atoms with van der Waals surface area (Å²) in [5.74, 6) is 3.32. The third-order valence-electron chi connectivity index (χ3n) is 2.54. The fourth-order valence-corrected chi connectivity index (χ4v) is 2.21. The molecule has 1 nitrogen and oxygen atoms in total. The van der Waals surface area contributed by atoms with Gasteiger partial charge in [-0.1, -0.05) is 38.9 Å². The molecule has 0 atom stereocenters. The minimum atomic E-state index is -1.37. The highest BCUT2D eigenvalue weighted by atomic mass is 28.3. The van der Waals surface area contributed by atoms with Crippen LogP contribution in [0, 0.1) is 17.4 Å². The molecule has 0 aromatic heterocycles. The van der Waals surface area contributed by atoms with Crippen molar-refractivity contribution in [2.75, 3.05) is 0 Å². The summed E-state index contributed by atoms with van der Waals surface area (Å²) in [4.78, 5) is 11.7. The van der Waals surface area contributed by atoms with Gasteiger partial charge in [-0.3, -0.25) is 4.79 Å². The van der Waals surface area contributed by atoms with Gasteiger partial charge in [0.05, 0.1) is 0 Å². The van der Waals surface area contributed by atoms with E-state index in [4.69, 9.17) is 0 Å². The molecule has 0 amide bonds. The molecule has 0 aliphatic heterocycles. The zero-order chi connectivity index (χ0) is 10.6. The van der Waals surface area contributed by atoms with Crippen LogP contribution < -0.4 is 0 Å². The lowest BCUT2D eigenvalue weighted by Crippen LogP contribution is -2.20. The second kappa shape index (κ2) is 4.79. The van der Waals surface area contributed by atoms with Gasteiger partial charge >= 0.3 is 0 Å². The molecule has 14 heavy (non-hydrogen) atoms. The lowest BCUT2D eigenvalue weighted by atomic mass is 9.86. The van der Waals surface area contributed by atoms with Crippen molar-refractivity contribution in [2.45, 2.75) is 51.7 Å². The monoisotopic (exact) mass is 208 g/mol. The van der Waals surface area contributed by atoms with E-state index in [0.717, 1.165) is 12.8 Å². The van der Waals surface area contributed by atoms with E-state index in [0.29, 0.717) is 0 Å². The van der Waals surface area contributed by atoms with Crippen molar-refractivity contribution in [1.29, 1.82) is 0 Å². The van der Waals surface area contributed by atoms with Crippen LogP contribution in [0.5, 0.6) is 0 Å². The first kappa shape index (κ1) is 11.5. The molecule has 0 spiro atoms. The largest absolute Gasteiger partial charge is 0.285 e. The Labute approximate surface area is 88.3 Å². The molecule has 2 heteroatoms. The zero-order valence-electron chi connectivity index (χ0n) is 9.52. The van der Waals surface area contributed by atoms with Crippen molar-refractivity contribution < 1.29 is 4.79 Å². The number of hydrogen-bond acceptors (Lipinski definition) is 1. The molecule has 0 aromatic rings. The Morgan fingerprint density at radius 2 is 1.71 bits per heavy atom. The van der Waals surface area contributed by atoms with Crippen molar-refractivity contribution in [3.8, 4) is 11.5 Å². The lowest BCUT2D eigenvalue weighted by Gasteiger charge is -2.17. The van der Waals surface area contributed by atoms with Crippen molar-refractivity contribution in [1.82, 2.24) is 0 Å². The standard InChI is InChI=1S/C12H20OSi/c1-14(2,3)10-9-12(13)11-7-5-4-6-8-11/h11H,4-8H2,1-3H3. The summed E-state index contributed by atoms with van der Waals surface area (Å²) >= 11 is 0. The Morgan fingerprint density at radius 1 is 1.14 bits per heavy atom. The fraction of sp³-hybridized carbons (Fsp3) is 0.750. The first-order valence-corrected chi connectivity index (χ1v) is 9.06. The first-order valence-electron chi connectivity index (χ1n) is 5.56. The molecule has 0 heterocycles.